The van der Waals surface area contributed by atoms with Crippen LogP contribution in [0, 0.1) is 11.7 Å². The molecule has 0 spiro atoms. The number of amides is 1. The van der Waals surface area contributed by atoms with E-state index in [0.29, 0.717) is 30.0 Å². The third-order valence-electron chi connectivity index (χ3n) is 6.97. The van der Waals surface area contributed by atoms with Crippen LogP contribution >= 0.6 is 12.4 Å². The number of Topliss-reactive ketones (excluding diaryl/α,β-unsaturated/α-hetero) is 1. The summed E-state index contributed by atoms with van der Waals surface area (Å²) >= 11 is 0. The quantitative estimate of drug-likeness (QED) is 0.333. The SMILES string of the molecule is COc1cccc(N(CCN2CCC(C(=O)c3ccc(F)cc3)CC2)C(=O)c2ccc(N(C)C)cc2)c1.Cl. The molecular formula is C30H35ClFN3O3. The van der Waals surface area contributed by atoms with E-state index in [9.17, 15) is 14.0 Å². The van der Waals surface area contributed by atoms with Crippen LogP contribution in [0.2, 0.25) is 0 Å². The van der Waals surface area contributed by atoms with Crippen molar-refractivity contribution in [2.24, 2.45) is 5.92 Å². The van der Waals surface area contributed by atoms with Crippen LogP contribution in [0.4, 0.5) is 15.8 Å². The van der Waals surface area contributed by atoms with Crippen molar-refractivity contribution < 1.29 is 18.7 Å². The van der Waals surface area contributed by atoms with Crippen molar-refractivity contribution in [2.45, 2.75) is 12.8 Å². The monoisotopic (exact) mass is 539 g/mol. The van der Waals surface area contributed by atoms with Crippen molar-refractivity contribution in [3.8, 4) is 5.75 Å². The number of halogens is 2. The number of piperidine rings is 1. The van der Waals surface area contributed by atoms with Crippen LogP contribution in [0.25, 0.3) is 0 Å². The summed E-state index contributed by atoms with van der Waals surface area (Å²) in [6, 6.07) is 20.9. The van der Waals surface area contributed by atoms with Gasteiger partial charge in [-0.2, -0.15) is 0 Å². The van der Waals surface area contributed by atoms with Gasteiger partial charge in [0.25, 0.3) is 5.91 Å². The minimum absolute atomic E-state index is 0. The molecule has 0 aliphatic carbocycles. The molecule has 0 saturated carbocycles. The highest BCUT2D eigenvalue weighted by Crippen LogP contribution is 2.25. The number of nitrogens with zero attached hydrogens (tertiary/aromatic N) is 3. The van der Waals surface area contributed by atoms with Gasteiger partial charge in [-0.15, -0.1) is 12.4 Å². The van der Waals surface area contributed by atoms with Gasteiger partial charge >= 0.3 is 0 Å². The average molecular weight is 540 g/mol. The first-order chi connectivity index (χ1) is 17.9. The molecule has 0 unspecified atom stereocenters. The molecule has 1 heterocycles. The summed E-state index contributed by atoms with van der Waals surface area (Å²) in [6.45, 7) is 2.75. The van der Waals surface area contributed by atoms with Crippen LogP contribution in [-0.2, 0) is 0 Å². The van der Waals surface area contributed by atoms with E-state index in [4.69, 9.17) is 4.74 Å². The summed E-state index contributed by atoms with van der Waals surface area (Å²) in [7, 11) is 5.55. The first-order valence-corrected chi connectivity index (χ1v) is 12.6. The van der Waals surface area contributed by atoms with Gasteiger partial charge < -0.3 is 19.4 Å². The van der Waals surface area contributed by atoms with Crippen molar-refractivity contribution in [2.75, 3.05) is 57.2 Å². The number of methoxy groups -OCH3 is 1. The maximum Gasteiger partial charge on any atom is 0.258 e. The van der Waals surface area contributed by atoms with Gasteiger partial charge in [0.2, 0.25) is 0 Å². The lowest BCUT2D eigenvalue weighted by Crippen LogP contribution is -2.42. The van der Waals surface area contributed by atoms with Crippen LogP contribution in [0.3, 0.4) is 0 Å². The van der Waals surface area contributed by atoms with Crippen molar-refractivity contribution in [3.05, 3.63) is 89.7 Å². The van der Waals surface area contributed by atoms with Crippen LogP contribution < -0.4 is 14.5 Å². The number of anilines is 2. The zero-order valence-electron chi connectivity index (χ0n) is 22.1. The second-order valence-corrected chi connectivity index (χ2v) is 9.59. The zero-order chi connectivity index (χ0) is 26.4. The van der Waals surface area contributed by atoms with Crippen molar-refractivity contribution in [1.29, 1.82) is 0 Å². The molecule has 3 aromatic carbocycles. The number of rotatable bonds is 9. The van der Waals surface area contributed by atoms with Gasteiger partial charge in [0.1, 0.15) is 11.6 Å². The lowest BCUT2D eigenvalue weighted by atomic mass is 9.89. The Morgan fingerprint density at radius 1 is 0.921 bits per heavy atom. The third-order valence-corrected chi connectivity index (χ3v) is 6.97. The Labute approximate surface area is 230 Å². The Kier molecular flexibility index (Phi) is 10.3. The van der Waals surface area contributed by atoms with Crippen LogP contribution in [0.1, 0.15) is 33.6 Å². The minimum atomic E-state index is -0.338. The zero-order valence-corrected chi connectivity index (χ0v) is 22.9. The lowest BCUT2D eigenvalue weighted by molar-refractivity contribution is 0.0841. The summed E-state index contributed by atoms with van der Waals surface area (Å²) in [6.07, 6.45) is 1.49. The number of carbonyl (C=O) groups excluding carboxylic acids is 2. The molecule has 1 amide bonds. The van der Waals surface area contributed by atoms with E-state index in [0.717, 1.165) is 37.3 Å². The fourth-order valence-electron chi connectivity index (χ4n) is 4.69. The van der Waals surface area contributed by atoms with E-state index in [1.807, 2.05) is 67.5 Å². The summed E-state index contributed by atoms with van der Waals surface area (Å²) in [5.74, 6) is 0.301. The fourth-order valence-corrected chi connectivity index (χ4v) is 4.69. The van der Waals surface area contributed by atoms with Gasteiger partial charge in [-0.1, -0.05) is 6.07 Å². The number of ketones is 1. The molecule has 4 rings (SSSR count). The van der Waals surface area contributed by atoms with E-state index >= 15 is 0 Å². The molecule has 0 bridgehead atoms. The molecule has 1 fully saturated rings. The molecule has 1 saturated heterocycles. The first-order valence-electron chi connectivity index (χ1n) is 12.6. The molecule has 0 N–H and O–H groups in total. The van der Waals surface area contributed by atoms with Gasteiger partial charge in [0.05, 0.1) is 7.11 Å². The fraction of sp³-hybridized carbons (Fsp3) is 0.333. The smallest absolute Gasteiger partial charge is 0.258 e. The highest BCUT2D eigenvalue weighted by molar-refractivity contribution is 6.06. The van der Waals surface area contributed by atoms with Crippen molar-refractivity contribution >= 4 is 35.5 Å². The molecule has 1 aliphatic rings. The number of hydrogen-bond donors (Lipinski definition) is 0. The maximum absolute atomic E-state index is 13.6. The molecule has 8 heteroatoms. The van der Waals surface area contributed by atoms with Crippen LogP contribution in [-0.4, -0.2) is 64.0 Å². The van der Waals surface area contributed by atoms with E-state index in [1.165, 1.54) is 12.1 Å². The summed E-state index contributed by atoms with van der Waals surface area (Å²) < 4.78 is 18.6. The van der Waals surface area contributed by atoms with Gasteiger partial charge in [-0.3, -0.25) is 9.59 Å². The first kappa shape index (κ1) is 29.1. The predicted molar refractivity (Wildman–Crippen MR) is 153 cm³/mol. The van der Waals surface area contributed by atoms with Gasteiger partial charge in [0, 0.05) is 61.7 Å². The average Bonchev–Trinajstić information content (AvgIpc) is 2.93. The predicted octanol–water partition coefficient (Wildman–Crippen LogP) is 5.56. The van der Waals surface area contributed by atoms with Gasteiger partial charge in [-0.25, -0.2) is 4.39 Å². The Morgan fingerprint density at radius 2 is 1.55 bits per heavy atom. The summed E-state index contributed by atoms with van der Waals surface area (Å²) in [5, 5.41) is 0. The number of carbonyl (C=O) groups is 2. The Bertz CT molecular complexity index is 1210. The summed E-state index contributed by atoms with van der Waals surface area (Å²) in [4.78, 5) is 32.5. The number of benzene rings is 3. The molecule has 6 nitrogen and oxygen atoms in total. The molecule has 1 aliphatic heterocycles. The molecular weight excluding hydrogens is 505 g/mol. The van der Waals surface area contributed by atoms with Crippen LogP contribution in [0.15, 0.2) is 72.8 Å². The van der Waals surface area contributed by atoms with E-state index in [1.54, 1.807) is 24.1 Å². The highest BCUT2D eigenvalue weighted by Gasteiger charge is 2.27. The summed E-state index contributed by atoms with van der Waals surface area (Å²) in [5.41, 5.74) is 3.00. The Morgan fingerprint density at radius 3 is 2.16 bits per heavy atom. The normalized spacial score (nSPS) is 13.9. The second-order valence-electron chi connectivity index (χ2n) is 9.59. The molecule has 3 aromatic rings. The standard InChI is InChI=1S/C30H34FN3O3.ClH/c1-32(2)26-13-9-24(10-14-26)30(36)34(27-5-4-6-28(21-27)37-3)20-19-33-17-15-23(16-18-33)29(35)22-7-11-25(31)12-8-22;/h4-14,21,23H,15-20H2,1-3H3;1H. The van der Waals surface area contributed by atoms with E-state index in [2.05, 4.69) is 4.90 Å². The van der Waals surface area contributed by atoms with Crippen molar-refractivity contribution in [3.63, 3.8) is 0 Å². The van der Waals surface area contributed by atoms with Gasteiger partial charge in [-0.05, 0) is 86.6 Å². The third kappa shape index (κ3) is 7.11. The molecule has 0 aromatic heterocycles. The topological polar surface area (TPSA) is 53.1 Å². The van der Waals surface area contributed by atoms with Crippen molar-refractivity contribution in [1.82, 2.24) is 4.90 Å². The van der Waals surface area contributed by atoms with Gasteiger partial charge in [0.15, 0.2) is 5.78 Å². The Balaban J connectivity index is 0.00000400. The molecule has 38 heavy (non-hydrogen) atoms. The Hall–Kier alpha value is -3.42. The largest absolute Gasteiger partial charge is 0.497 e. The van der Waals surface area contributed by atoms with E-state index < -0.39 is 0 Å². The maximum atomic E-state index is 13.6. The molecule has 0 atom stereocenters. The highest BCUT2D eigenvalue weighted by atomic mass is 35.5. The van der Waals surface area contributed by atoms with Crippen LogP contribution in [0.5, 0.6) is 5.75 Å². The molecule has 0 radical (unpaired) electrons. The number of ether oxygens (including phenoxy) is 1. The van der Waals surface area contributed by atoms with E-state index in [-0.39, 0.29) is 35.8 Å². The lowest BCUT2D eigenvalue weighted by Gasteiger charge is -2.33. The number of likely N-dealkylation sites (tertiary alicyclic amines) is 1. The number of hydrogen-bond acceptors (Lipinski definition) is 5. The molecule has 202 valence electrons. The minimum Gasteiger partial charge on any atom is -0.497 e. The second kappa shape index (κ2) is 13.4.